The fourth-order valence-electron chi connectivity index (χ4n) is 4.16. The van der Waals surface area contributed by atoms with Crippen molar-refractivity contribution < 1.29 is 28.4 Å². The lowest BCUT2D eigenvalue weighted by Crippen LogP contribution is -2.45. The van der Waals surface area contributed by atoms with Gasteiger partial charge in [-0.3, -0.25) is 14.9 Å². The normalized spacial score (nSPS) is 14.8. The molecule has 2 aromatic carbocycles. The highest BCUT2D eigenvalue weighted by Crippen LogP contribution is 2.33. The molecule has 0 radical (unpaired) electrons. The van der Waals surface area contributed by atoms with Gasteiger partial charge in [-0.2, -0.15) is 5.10 Å². The van der Waals surface area contributed by atoms with Crippen molar-refractivity contribution in [2.24, 2.45) is 5.10 Å². The molecule has 0 saturated carbocycles. The van der Waals surface area contributed by atoms with Crippen molar-refractivity contribution in [1.29, 1.82) is 0 Å². The highest BCUT2D eigenvalue weighted by Gasteiger charge is 2.32. The molecular weight excluding hydrogens is 550 g/mol. The number of aryl methyl sites for hydroxylation is 1. The predicted molar refractivity (Wildman–Crippen MR) is 154 cm³/mol. The van der Waals surface area contributed by atoms with Crippen LogP contribution in [0.4, 0.5) is 5.69 Å². The molecule has 1 aliphatic rings. The number of esters is 1. The Morgan fingerprint density at radius 1 is 1.20 bits per heavy atom. The summed E-state index contributed by atoms with van der Waals surface area (Å²) in [6.07, 6.45) is 1.31. The van der Waals surface area contributed by atoms with Crippen molar-refractivity contribution in [2.75, 3.05) is 13.2 Å². The Morgan fingerprint density at radius 2 is 1.98 bits per heavy atom. The summed E-state index contributed by atoms with van der Waals surface area (Å²) < 4.78 is 16.7. The van der Waals surface area contributed by atoms with E-state index in [4.69, 9.17) is 26.1 Å². The van der Waals surface area contributed by atoms with E-state index in [1.165, 1.54) is 18.3 Å². The zero-order chi connectivity index (χ0) is 29.5. The largest absolute Gasteiger partial charge is 0.483 e. The first-order chi connectivity index (χ1) is 19.7. The third-order valence-corrected chi connectivity index (χ3v) is 6.28. The summed E-state index contributed by atoms with van der Waals surface area (Å²) >= 11 is 5.29. The van der Waals surface area contributed by atoms with Crippen LogP contribution in [0.3, 0.4) is 0 Å². The fourth-order valence-corrected chi connectivity index (χ4v) is 4.43. The second-order valence-corrected chi connectivity index (χ2v) is 9.28. The number of nitrogens with one attached hydrogen (secondary N) is 3. The Balaban J connectivity index is 1.41. The average Bonchev–Trinajstić information content (AvgIpc) is 3.40. The molecule has 1 aromatic heterocycles. The molecule has 2 heterocycles. The maximum atomic E-state index is 12.7. The first-order valence-corrected chi connectivity index (χ1v) is 12.9. The number of hydrazone groups is 1. The van der Waals surface area contributed by atoms with E-state index in [-0.39, 0.29) is 18.9 Å². The molecule has 0 fully saturated rings. The molecule has 1 atom stereocenters. The summed E-state index contributed by atoms with van der Waals surface area (Å²) in [5.74, 6) is 0.0894. The number of carbonyl (C=O) groups excluding carboxylic acids is 2. The second-order valence-electron chi connectivity index (χ2n) is 8.87. The van der Waals surface area contributed by atoms with Gasteiger partial charge in [-0.05, 0) is 56.8 Å². The van der Waals surface area contributed by atoms with E-state index in [1.807, 2.05) is 6.92 Å². The molecule has 212 valence electrons. The Morgan fingerprint density at radius 3 is 2.73 bits per heavy atom. The fraction of sp³-hybridized carbons (Fsp3) is 0.214. The molecule has 0 unspecified atom stereocenters. The minimum absolute atomic E-state index is 0.0482. The molecule has 1 amide bonds. The van der Waals surface area contributed by atoms with Crippen molar-refractivity contribution in [1.82, 2.24) is 16.1 Å². The lowest BCUT2D eigenvalue weighted by molar-refractivity contribution is -0.384. The lowest BCUT2D eigenvalue weighted by Gasteiger charge is -2.30. The number of carbonyl (C=O) groups is 2. The van der Waals surface area contributed by atoms with Gasteiger partial charge in [0.15, 0.2) is 11.7 Å². The van der Waals surface area contributed by atoms with Crippen LogP contribution in [-0.4, -0.2) is 41.3 Å². The molecule has 0 spiro atoms. The summed E-state index contributed by atoms with van der Waals surface area (Å²) in [6.45, 7) is 5.11. The van der Waals surface area contributed by atoms with Gasteiger partial charge >= 0.3 is 5.97 Å². The van der Waals surface area contributed by atoms with E-state index >= 15 is 0 Å². The van der Waals surface area contributed by atoms with Crippen LogP contribution in [0.5, 0.6) is 5.75 Å². The zero-order valence-corrected chi connectivity index (χ0v) is 23.2. The first kappa shape index (κ1) is 29.0. The maximum Gasteiger partial charge on any atom is 0.338 e. The van der Waals surface area contributed by atoms with Crippen molar-refractivity contribution >= 4 is 41.1 Å². The van der Waals surface area contributed by atoms with Gasteiger partial charge in [0.1, 0.15) is 17.3 Å². The number of nitro groups is 1. The number of para-hydroxylation sites is 1. The van der Waals surface area contributed by atoms with Gasteiger partial charge in [-0.25, -0.2) is 10.2 Å². The quantitative estimate of drug-likeness (QED) is 0.106. The molecule has 4 rings (SSSR count). The number of non-ortho nitro benzene ring substituents is 1. The van der Waals surface area contributed by atoms with Crippen LogP contribution >= 0.6 is 12.2 Å². The van der Waals surface area contributed by atoms with Gasteiger partial charge in [-0.15, -0.1) is 0 Å². The molecule has 41 heavy (non-hydrogen) atoms. The number of thiocarbonyl (C=S) groups is 1. The van der Waals surface area contributed by atoms with E-state index in [0.29, 0.717) is 44.8 Å². The molecule has 0 bridgehead atoms. The van der Waals surface area contributed by atoms with Gasteiger partial charge < -0.3 is 24.5 Å². The molecular formula is C28H27N5O7S. The van der Waals surface area contributed by atoms with E-state index in [0.717, 1.165) is 5.56 Å². The van der Waals surface area contributed by atoms with Crippen LogP contribution in [0.1, 0.15) is 36.8 Å². The summed E-state index contributed by atoms with van der Waals surface area (Å²) in [5.41, 5.74) is 5.21. The lowest BCUT2D eigenvalue weighted by atomic mass is 9.95. The zero-order valence-electron chi connectivity index (χ0n) is 22.4. The van der Waals surface area contributed by atoms with Gasteiger partial charge in [0.05, 0.1) is 29.4 Å². The first-order valence-electron chi connectivity index (χ1n) is 12.5. The Bertz CT molecular complexity index is 1560. The van der Waals surface area contributed by atoms with Crippen molar-refractivity contribution in [3.8, 4) is 17.1 Å². The summed E-state index contributed by atoms with van der Waals surface area (Å²) in [5, 5.41) is 21.4. The number of allylic oxidation sites excluding steroid dienone is 1. The second kappa shape index (κ2) is 12.9. The van der Waals surface area contributed by atoms with Gasteiger partial charge in [0, 0.05) is 29.0 Å². The van der Waals surface area contributed by atoms with Gasteiger partial charge in [-0.1, -0.05) is 24.3 Å². The van der Waals surface area contributed by atoms with Crippen LogP contribution in [0.15, 0.2) is 75.4 Å². The monoisotopic (exact) mass is 577 g/mol. The van der Waals surface area contributed by atoms with Gasteiger partial charge in [0.2, 0.25) is 0 Å². The number of nitro benzene ring substituents is 1. The number of hydrogen-bond donors (Lipinski definition) is 3. The van der Waals surface area contributed by atoms with Crippen molar-refractivity contribution in [2.45, 2.75) is 26.8 Å². The number of hydrogen-bond acceptors (Lipinski definition) is 9. The van der Waals surface area contributed by atoms with Crippen molar-refractivity contribution in [3.05, 3.63) is 92.9 Å². The van der Waals surface area contributed by atoms with E-state index in [1.54, 1.807) is 56.3 Å². The van der Waals surface area contributed by atoms with Crippen LogP contribution in [0.2, 0.25) is 0 Å². The van der Waals surface area contributed by atoms with Crippen LogP contribution in [0.25, 0.3) is 11.3 Å². The number of nitrogens with zero attached hydrogens (tertiary/aromatic N) is 2. The van der Waals surface area contributed by atoms with Crippen LogP contribution in [-0.2, 0) is 14.3 Å². The molecule has 1 aliphatic heterocycles. The van der Waals surface area contributed by atoms with Crippen molar-refractivity contribution in [3.63, 3.8) is 0 Å². The van der Waals surface area contributed by atoms with E-state index in [9.17, 15) is 19.7 Å². The minimum atomic E-state index is -0.650. The number of benzene rings is 2. The number of furan rings is 1. The van der Waals surface area contributed by atoms with E-state index < -0.39 is 22.8 Å². The average molecular weight is 578 g/mol. The Kier molecular flexibility index (Phi) is 9.09. The van der Waals surface area contributed by atoms with Crippen LogP contribution in [0, 0.1) is 17.0 Å². The third-order valence-electron chi connectivity index (χ3n) is 6.06. The topological polar surface area (TPSA) is 157 Å². The summed E-state index contributed by atoms with van der Waals surface area (Å²) in [7, 11) is 0. The third kappa shape index (κ3) is 6.94. The van der Waals surface area contributed by atoms with E-state index in [2.05, 4.69) is 21.2 Å². The number of amides is 1. The molecule has 0 saturated heterocycles. The highest BCUT2D eigenvalue weighted by molar-refractivity contribution is 7.80. The Hall–Kier alpha value is -5.04. The van der Waals surface area contributed by atoms with Gasteiger partial charge in [0.25, 0.3) is 11.6 Å². The highest BCUT2D eigenvalue weighted by atomic mass is 32.1. The molecule has 0 aliphatic carbocycles. The van der Waals surface area contributed by atoms with Crippen LogP contribution < -0.4 is 20.8 Å². The maximum absolute atomic E-state index is 12.7. The minimum Gasteiger partial charge on any atom is -0.483 e. The summed E-state index contributed by atoms with van der Waals surface area (Å²) in [4.78, 5) is 35.8. The predicted octanol–water partition coefficient (Wildman–Crippen LogP) is 4.05. The molecule has 3 N–H and O–H groups in total. The molecule has 3 aromatic rings. The smallest absolute Gasteiger partial charge is 0.338 e. The number of ether oxygens (including phenoxy) is 2. The standard InChI is InChI=1S/C28H27N5O7S/c1-4-38-27(35)25-17(3)30-28(41)31-26(25)20-7-5-6-8-22(20)39-15-24(34)32-29-14-19-11-12-23(40-19)21-13-18(33(36)37)10-9-16(21)2/h5-14,26H,4,15H2,1-3H3,(H,32,34)(H2,30,31,41)/t26-/m1/s1. The Labute approximate surface area is 240 Å². The molecule has 13 heteroatoms. The molecule has 12 nitrogen and oxygen atoms in total. The summed E-state index contributed by atoms with van der Waals surface area (Å²) in [6, 6.07) is 14.1. The SMILES string of the molecule is CCOC(=O)C1=C(C)NC(=S)N[C@@H]1c1ccccc1OCC(=O)NN=Cc1ccc(-c2cc([N+](=O)[O-])ccc2C)o1. The number of rotatable bonds is 10.